The van der Waals surface area contributed by atoms with Crippen LogP contribution in [0.4, 0.5) is 0 Å². The fourth-order valence-corrected chi connectivity index (χ4v) is 3.71. The van der Waals surface area contributed by atoms with Crippen molar-refractivity contribution in [3.05, 3.63) is 29.8 Å². The summed E-state index contributed by atoms with van der Waals surface area (Å²) in [6.07, 6.45) is 7.42. The van der Waals surface area contributed by atoms with Gasteiger partial charge in [-0.15, -0.1) is 0 Å². The van der Waals surface area contributed by atoms with Crippen LogP contribution in [0.25, 0.3) is 0 Å². The van der Waals surface area contributed by atoms with Gasteiger partial charge in [-0.1, -0.05) is 12.1 Å². The highest BCUT2D eigenvalue weighted by Crippen LogP contribution is 2.25. The van der Waals surface area contributed by atoms with Gasteiger partial charge in [0.1, 0.15) is 5.75 Å². The minimum absolute atomic E-state index is 0.0318. The van der Waals surface area contributed by atoms with Crippen molar-refractivity contribution in [1.29, 1.82) is 0 Å². The van der Waals surface area contributed by atoms with E-state index in [0.717, 1.165) is 31.7 Å². The first-order valence-corrected chi connectivity index (χ1v) is 9.03. The van der Waals surface area contributed by atoms with Crippen molar-refractivity contribution < 1.29 is 9.53 Å². The molecule has 4 nitrogen and oxygen atoms in total. The van der Waals surface area contributed by atoms with E-state index in [1.165, 1.54) is 31.2 Å². The van der Waals surface area contributed by atoms with E-state index in [1.807, 2.05) is 6.92 Å². The fraction of sp³-hybridized carbons (Fsp3) is 0.632. The number of nitrogens with zero attached hydrogens (tertiary/aromatic N) is 1. The molecule has 1 aromatic rings. The van der Waals surface area contributed by atoms with Gasteiger partial charge in [-0.05, 0) is 69.7 Å². The van der Waals surface area contributed by atoms with Crippen molar-refractivity contribution in [3.63, 3.8) is 0 Å². The standard InChI is InChI=1S/C19H28N2O2/c1-2-20-19(22)18-8-5-13-21(18)14-15-9-11-17(12-10-15)23-16-6-3-4-7-16/h9-12,16,18H,2-8,13-14H2,1H3,(H,20,22)/t18-/m0/s1. The molecule has 0 spiro atoms. The fourth-order valence-electron chi connectivity index (χ4n) is 3.71. The molecule has 0 bridgehead atoms. The molecule has 1 aromatic carbocycles. The second kappa shape index (κ2) is 7.82. The summed E-state index contributed by atoms with van der Waals surface area (Å²) >= 11 is 0. The zero-order valence-corrected chi connectivity index (χ0v) is 14.1. The Labute approximate surface area is 139 Å². The third-order valence-corrected chi connectivity index (χ3v) is 4.93. The lowest BCUT2D eigenvalue weighted by Gasteiger charge is -2.23. The van der Waals surface area contributed by atoms with Crippen molar-refractivity contribution in [1.82, 2.24) is 10.2 Å². The molecule has 1 saturated heterocycles. The largest absolute Gasteiger partial charge is 0.490 e. The first-order chi connectivity index (χ1) is 11.3. The smallest absolute Gasteiger partial charge is 0.237 e. The van der Waals surface area contributed by atoms with Gasteiger partial charge in [0.2, 0.25) is 5.91 Å². The highest BCUT2D eigenvalue weighted by Gasteiger charge is 2.30. The van der Waals surface area contributed by atoms with E-state index < -0.39 is 0 Å². The Morgan fingerprint density at radius 1 is 1.17 bits per heavy atom. The van der Waals surface area contributed by atoms with Gasteiger partial charge < -0.3 is 10.1 Å². The molecular weight excluding hydrogens is 288 g/mol. The Balaban J connectivity index is 1.55. The van der Waals surface area contributed by atoms with Crippen LogP contribution in [0.3, 0.4) is 0 Å². The summed E-state index contributed by atoms with van der Waals surface area (Å²) in [6.45, 7) is 4.52. The SMILES string of the molecule is CCNC(=O)[C@@H]1CCCN1Cc1ccc(OC2CCCC2)cc1. The van der Waals surface area contributed by atoms with E-state index in [2.05, 4.69) is 34.5 Å². The maximum absolute atomic E-state index is 12.1. The van der Waals surface area contributed by atoms with Gasteiger partial charge in [-0.3, -0.25) is 9.69 Å². The van der Waals surface area contributed by atoms with Crippen molar-refractivity contribution in [3.8, 4) is 5.75 Å². The molecule has 2 fully saturated rings. The molecule has 3 rings (SSSR count). The van der Waals surface area contributed by atoms with Gasteiger partial charge >= 0.3 is 0 Å². The maximum Gasteiger partial charge on any atom is 0.237 e. The number of amides is 1. The van der Waals surface area contributed by atoms with E-state index in [-0.39, 0.29) is 11.9 Å². The molecule has 1 N–H and O–H groups in total. The summed E-state index contributed by atoms with van der Waals surface area (Å²) in [6, 6.07) is 8.45. The van der Waals surface area contributed by atoms with Crippen LogP contribution in [0, 0.1) is 0 Å². The first kappa shape index (κ1) is 16.3. The molecule has 1 aliphatic heterocycles. The molecule has 2 aliphatic rings. The number of likely N-dealkylation sites (tertiary alicyclic amines) is 1. The molecule has 1 saturated carbocycles. The number of rotatable bonds is 6. The molecule has 1 heterocycles. The number of ether oxygens (including phenoxy) is 1. The summed E-state index contributed by atoms with van der Waals surface area (Å²) < 4.78 is 6.01. The zero-order chi connectivity index (χ0) is 16.1. The van der Waals surface area contributed by atoms with Crippen molar-refractivity contribution in [2.45, 2.75) is 64.1 Å². The van der Waals surface area contributed by atoms with Crippen LogP contribution >= 0.6 is 0 Å². The van der Waals surface area contributed by atoms with E-state index in [9.17, 15) is 4.79 Å². The number of hydrogen-bond acceptors (Lipinski definition) is 3. The van der Waals surface area contributed by atoms with Crippen LogP contribution in [0.2, 0.25) is 0 Å². The number of benzene rings is 1. The molecule has 4 heteroatoms. The Hall–Kier alpha value is -1.55. The van der Waals surface area contributed by atoms with Gasteiger partial charge in [0.05, 0.1) is 12.1 Å². The topological polar surface area (TPSA) is 41.6 Å². The maximum atomic E-state index is 12.1. The molecule has 0 aromatic heterocycles. The first-order valence-electron chi connectivity index (χ1n) is 9.03. The van der Waals surface area contributed by atoms with Crippen LogP contribution in [-0.4, -0.2) is 36.0 Å². The van der Waals surface area contributed by atoms with Gasteiger partial charge in [0.15, 0.2) is 0 Å². The molecule has 23 heavy (non-hydrogen) atoms. The molecule has 1 atom stereocenters. The highest BCUT2D eigenvalue weighted by molar-refractivity contribution is 5.81. The van der Waals surface area contributed by atoms with E-state index in [0.29, 0.717) is 12.6 Å². The lowest BCUT2D eigenvalue weighted by atomic mass is 10.1. The molecule has 0 radical (unpaired) electrons. The number of hydrogen-bond donors (Lipinski definition) is 1. The minimum Gasteiger partial charge on any atom is -0.490 e. The van der Waals surface area contributed by atoms with Crippen molar-refractivity contribution >= 4 is 5.91 Å². The number of likely N-dealkylation sites (N-methyl/N-ethyl adjacent to an activating group) is 1. The highest BCUT2D eigenvalue weighted by atomic mass is 16.5. The van der Waals surface area contributed by atoms with Crippen LogP contribution < -0.4 is 10.1 Å². The quantitative estimate of drug-likeness (QED) is 0.877. The third kappa shape index (κ3) is 4.25. The van der Waals surface area contributed by atoms with E-state index in [4.69, 9.17) is 4.74 Å². The Kier molecular flexibility index (Phi) is 5.55. The van der Waals surface area contributed by atoms with Gasteiger partial charge in [0, 0.05) is 13.1 Å². The number of nitrogens with one attached hydrogen (secondary N) is 1. The summed E-state index contributed by atoms with van der Waals surface area (Å²) in [4.78, 5) is 14.4. The minimum atomic E-state index is 0.0318. The zero-order valence-electron chi connectivity index (χ0n) is 14.1. The molecule has 126 valence electrons. The van der Waals surface area contributed by atoms with E-state index in [1.54, 1.807) is 0 Å². The molecular formula is C19H28N2O2. The third-order valence-electron chi connectivity index (χ3n) is 4.93. The Morgan fingerprint density at radius 2 is 1.91 bits per heavy atom. The predicted molar refractivity (Wildman–Crippen MR) is 91.4 cm³/mol. The summed E-state index contributed by atoms with van der Waals surface area (Å²) in [5.41, 5.74) is 1.25. The second-order valence-electron chi connectivity index (χ2n) is 6.69. The van der Waals surface area contributed by atoms with Crippen molar-refractivity contribution in [2.24, 2.45) is 0 Å². The average Bonchev–Trinajstić information content (AvgIpc) is 3.21. The summed E-state index contributed by atoms with van der Waals surface area (Å²) in [5, 5.41) is 2.95. The molecule has 1 aliphatic carbocycles. The lowest BCUT2D eigenvalue weighted by Crippen LogP contribution is -2.42. The molecule has 1 amide bonds. The number of carbonyl (C=O) groups is 1. The normalized spacial score (nSPS) is 22.4. The lowest BCUT2D eigenvalue weighted by molar-refractivity contribution is -0.125. The van der Waals surface area contributed by atoms with Crippen LogP contribution in [0.15, 0.2) is 24.3 Å². The van der Waals surface area contributed by atoms with Gasteiger partial charge in [-0.25, -0.2) is 0 Å². The van der Waals surface area contributed by atoms with E-state index >= 15 is 0 Å². The van der Waals surface area contributed by atoms with Gasteiger partial charge in [-0.2, -0.15) is 0 Å². The Morgan fingerprint density at radius 3 is 2.61 bits per heavy atom. The van der Waals surface area contributed by atoms with Crippen LogP contribution in [0.1, 0.15) is 51.0 Å². The molecule has 0 unspecified atom stereocenters. The monoisotopic (exact) mass is 316 g/mol. The predicted octanol–water partition coefficient (Wildman–Crippen LogP) is 3.11. The average molecular weight is 316 g/mol. The van der Waals surface area contributed by atoms with Crippen LogP contribution in [-0.2, 0) is 11.3 Å². The summed E-state index contributed by atoms with van der Waals surface area (Å²) in [5.74, 6) is 1.15. The second-order valence-corrected chi connectivity index (χ2v) is 6.69. The summed E-state index contributed by atoms with van der Waals surface area (Å²) in [7, 11) is 0. The number of carbonyl (C=O) groups excluding carboxylic acids is 1. The van der Waals surface area contributed by atoms with Crippen molar-refractivity contribution in [2.75, 3.05) is 13.1 Å². The Bertz CT molecular complexity index is 509. The van der Waals surface area contributed by atoms with Crippen LogP contribution in [0.5, 0.6) is 5.75 Å². The van der Waals surface area contributed by atoms with Gasteiger partial charge in [0.25, 0.3) is 0 Å².